The van der Waals surface area contributed by atoms with Crippen LogP contribution in [-0.2, 0) is 16.1 Å². The van der Waals surface area contributed by atoms with Crippen molar-refractivity contribution in [3.63, 3.8) is 0 Å². The molecule has 2 N–H and O–H groups in total. The highest BCUT2D eigenvalue weighted by Gasteiger charge is 2.10. The van der Waals surface area contributed by atoms with Crippen LogP contribution in [0.25, 0.3) is 0 Å². The van der Waals surface area contributed by atoms with Crippen molar-refractivity contribution in [3.05, 3.63) is 34.8 Å². The van der Waals surface area contributed by atoms with E-state index in [1.54, 1.807) is 31.4 Å². The molecule has 0 aliphatic rings. The van der Waals surface area contributed by atoms with E-state index in [2.05, 4.69) is 20.8 Å². The van der Waals surface area contributed by atoms with Gasteiger partial charge in [-0.05, 0) is 30.7 Å². The number of ether oxygens (including phenoxy) is 1. The molecule has 2 rings (SSSR count). The number of carbonyl (C=O) groups is 2. The number of benzene rings is 1. The maximum atomic E-state index is 12.1. The van der Waals surface area contributed by atoms with Gasteiger partial charge in [0.05, 0.1) is 0 Å². The van der Waals surface area contributed by atoms with Gasteiger partial charge >= 0.3 is 0 Å². The number of anilines is 2. The molecule has 7 nitrogen and oxygen atoms in total. The van der Waals surface area contributed by atoms with Gasteiger partial charge in [0.2, 0.25) is 11.0 Å². The fourth-order valence-corrected chi connectivity index (χ4v) is 2.52. The average Bonchev–Trinajstić information content (AvgIpc) is 2.95. The monoisotopic (exact) mass is 334 g/mol. The SMILES string of the molecule is CCCC(=O)Nc1ccc(C(=O)Nc2nnc(COC)s2)cc1. The van der Waals surface area contributed by atoms with Crippen LogP contribution < -0.4 is 10.6 Å². The number of rotatable bonds is 7. The van der Waals surface area contributed by atoms with E-state index in [1.165, 1.54) is 11.3 Å². The molecule has 23 heavy (non-hydrogen) atoms. The summed E-state index contributed by atoms with van der Waals surface area (Å²) in [4.78, 5) is 23.6. The summed E-state index contributed by atoms with van der Waals surface area (Å²) >= 11 is 1.26. The smallest absolute Gasteiger partial charge is 0.257 e. The molecule has 2 amide bonds. The molecule has 0 bridgehead atoms. The van der Waals surface area contributed by atoms with Gasteiger partial charge in [-0.25, -0.2) is 0 Å². The van der Waals surface area contributed by atoms with Crippen LogP contribution in [0.2, 0.25) is 0 Å². The van der Waals surface area contributed by atoms with E-state index in [1.807, 2.05) is 6.92 Å². The van der Waals surface area contributed by atoms with Crippen LogP contribution in [0, 0.1) is 0 Å². The van der Waals surface area contributed by atoms with Gasteiger partial charge in [-0.3, -0.25) is 14.9 Å². The number of amides is 2. The first kappa shape index (κ1) is 17.0. The first-order valence-corrected chi connectivity index (χ1v) is 7.96. The highest BCUT2D eigenvalue weighted by molar-refractivity contribution is 7.15. The van der Waals surface area contributed by atoms with Crippen molar-refractivity contribution in [1.29, 1.82) is 0 Å². The first-order chi connectivity index (χ1) is 11.1. The Labute approximate surface area is 138 Å². The molecule has 1 heterocycles. The van der Waals surface area contributed by atoms with E-state index in [-0.39, 0.29) is 11.8 Å². The number of nitrogens with zero attached hydrogens (tertiary/aromatic N) is 2. The summed E-state index contributed by atoms with van der Waals surface area (Å²) in [6.45, 7) is 2.30. The molecule has 8 heteroatoms. The van der Waals surface area contributed by atoms with Gasteiger partial charge in [-0.15, -0.1) is 10.2 Å². The summed E-state index contributed by atoms with van der Waals surface area (Å²) in [7, 11) is 1.57. The Balaban J connectivity index is 1.95. The lowest BCUT2D eigenvalue weighted by molar-refractivity contribution is -0.116. The second kappa shape index (κ2) is 8.35. The van der Waals surface area contributed by atoms with Gasteiger partial charge in [-0.2, -0.15) is 0 Å². The van der Waals surface area contributed by atoms with E-state index in [9.17, 15) is 9.59 Å². The molecule has 0 unspecified atom stereocenters. The topological polar surface area (TPSA) is 93.2 Å². The molecule has 0 atom stereocenters. The largest absolute Gasteiger partial charge is 0.377 e. The zero-order valence-electron chi connectivity index (χ0n) is 13.0. The molecule has 1 aromatic carbocycles. The van der Waals surface area contributed by atoms with Gasteiger partial charge in [0.1, 0.15) is 11.6 Å². The van der Waals surface area contributed by atoms with Gasteiger partial charge in [0.25, 0.3) is 5.91 Å². The molecule has 0 saturated carbocycles. The van der Waals surface area contributed by atoms with E-state index < -0.39 is 0 Å². The van der Waals surface area contributed by atoms with E-state index in [4.69, 9.17) is 4.74 Å². The molecule has 0 saturated heterocycles. The predicted octanol–water partition coefficient (Wildman–Crippen LogP) is 2.68. The lowest BCUT2D eigenvalue weighted by Crippen LogP contribution is -2.13. The molecule has 0 spiro atoms. The highest BCUT2D eigenvalue weighted by Crippen LogP contribution is 2.17. The number of carbonyl (C=O) groups excluding carboxylic acids is 2. The summed E-state index contributed by atoms with van der Waals surface area (Å²) in [6, 6.07) is 6.68. The summed E-state index contributed by atoms with van der Waals surface area (Å²) < 4.78 is 4.95. The molecule has 0 fully saturated rings. The van der Waals surface area contributed by atoms with Gasteiger partial charge in [-0.1, -0.05) is 18.3 Å². The maximum Gasteiger partial charge on any atom is 0.257 e. The van der Waals surface area contributed by atoms with Crippen LogP contribution in [0.3, 0.4) is 0 Å². The third kappa shape index (κ3) is 5.11. The fraction of sp³-hybridized carbons (Fsp3) is 0.333. The number of aromatic nitrogens is 2. The molecule has 0 radical (unpaired) electrons. The summed E-state index contributed by atoms with van der Waals surface area (Å²) in [6.07, 6.45) is 1.27. The minimum Gasteiger partial charge on any atom is -0.377 e. The number of hydrogen-bond donors (Lipinski definition) is 2. The molecule has 0 aliphatic heterocycles. The second-order valence-electron chi connectivity index (χ2n) is 4.76. The molecular formula is C15H18N4O3S. The minimum atomic E-state index is -0.281. The van der Waals surface area contributed by atoms with Crippen LogP contribution in [0.15, 0.2) is 24.3 Å². The third-order valence-corrected chi connectivity index (χ3v) is 3.68. The summed E-state index contributed by atoms with van der Waals surface area (Å²) in [5.41, 5.74) is 1.14. The van der Waals surface area contributed by atoms with Crippen molar-refractivity contribution in [2.24, 2.45) is 0 Å². The zero-order valence-corrected chi connectivity index (χ0v) is 13.8. The summed E-state index contributed by atoms with van der Waals surface area (Å²) in [5, 5.41) is 14.3. The van der Waals surface area contributed by atoms with Gasteiger partial charge < -0.3 is 10.1 Å². The van der Waals surface area contributed by atoms with Crippen molar-refractivity contribution >= 4 is 34.0 Å². The first-order valence-electron chi connectivity index (χ1n) is 7.15. The van der Waals surface area contributed by atoms with Crippen LogP contribution in [0.4, 0.5) is 10.8 Å². The Morgan fingerprint density at radius 3 is 2.57 bits per heavy atom. The molecular weight excluding hydrogens is 316 g/mol. The Morgan fingerprint density at radius 2 is 1.91 bits per heavy atom. The number of methoxy groups -OCH3 is 1. The van der Waals surface area contributed by atoms with Crippen molar-refractivity contribution in [1.82, 2.24) is 10.2 Å². The minimum absolute atomic E-state index is 0.0377. The predicted molar refractivity (Wildman–Crippen MR) is 88.6 cm³/mol. The Kier molecular flexibility index (Phi) is 6.19. The van der Waals surface area contributed by atoms with Crippen molar-refractivity contribution in [2.75, 3.05) is 17.7 Å². The molecule has 0 aliphatic carbocycles. The van der Waals surface area contributed by atoms with Gasteiger partial charge in [0.15, 0.2) is 0 Å². The summed E-state index contributed by atoms with van der Waals surface area (Å²) in [5.74, 6) is -0.319. The molecule has 2 aromatic rings. The lowest BCUT2D eigenvalue weighted by Gasteiger charge is -2.05. The zero-order chi connectivity index (χ0) is 16.7. The van der Waals surface area contributed by atoms with Crippen molar-refractivity contribution in [3.8, 4) is 0 Å². The van der Waals surface area contributed by atoms with Crippen LogP contribution in [0.1, 0.15) is 35.1 Å². The number of hydrogen-bond acceptors (Lipinski definition) is 6. The highest BCUT2D eigenvalue weighted by atomic mass is 32.1. The average molecular weight is 334 g/mol. The van der Waals surface area contributed by atoms with Crippen molar-refractivity contribution in [2.45, 2.75) is 26.4 Å². The Bertz CT molecular complexity index is 670. The van der Waals surface area contributed by atoms with Crippen LogP contribution in [0.5, 0.6) is 0 Å². The van der Waals surface area contributed by atoms with Gasteiger partial charge in [0, 0.05) is 24.8 Å². The third-order valence-electron chi connectivity index (χ3n) is 2.86. The van der Waals surface area contributed by atoms with E-state index in [0.29, 0.717) is 34.4 Å². The van der Waals surface area contributed by atoms with Crippen LogP contribution in [-0.4, -0.2) is 29.1 Å². The molecule has 122 valence electrons. The standard InChI is InChI=1S/C15H18N4O3S/c1-3-4-12(20)16-11-7-5-10(6-8-11)14(21)17-15-19-18-13(23-15)9-22-2/h5-8H,3-4,9H2,1-2H3,(H,16,20)(H,17,19,21). The molecule has 1 aromatic heterocycles. The second-order valence-corrected chi connectivity index (χ2v) is 5.83. The van der Waals surface area contributed by atoms with E-state index >= 15 is 0 Å². The Morgan fingerprint density at radius 1 is 1.17 bits per heavy atom. The maximum absolute atomic E-state index is 12.1. The lowest BCUT2D eigenvalue weighted by atomic mass is 10.2. The fourth-order valence-electron chi connectivity index (χ4n) is 1.81. The Hall–Kier alpha value is -2.32. The van der Waals surface area contributed by atoms with Crippen molar-refractivity contribution < 1.29 is 14.3 Å². The normalized spacial score (nSPS) is 10.3. The quantitative estimate of drug-likeness (QED) is 0.812. The number of nitrogens with one attached hydrogen (secondary N) is 2. The van der Waals surface area contributed by atoms with Crippen LogP contribution >= 0.6 is 11.3 Å². The van der Waals surface area contributed by atoms with E-state index in [0.717, 1.165) is 6.42 Å².